The van der Waals surface area contributed by atoms with Gasteiger partial charge in [-0.25, -0.2) is 5.26 Å². The van der Waals surface area contributed by atoms with Crippen LogP contribution in [0.3, 0.4) is 0 Å². The average Bonchev–Trinajstić information content (AvgIpc) is 2.79. The molecular weight excluding hydrogens is 196 g/mol. The maximum Gasteiger partial charge on any atom is 0.0462 e. The molecule has 0 aliphatic heterocycles. The molecule has 0 atom stereocenters. The largest absolute Gasteiger partial charge is 0.351 e. The lowest BCUT2D eigenvalue weighted by Crippen LogP contribution is -2.00. The lowest BCUT2D eigenvalue weighted by atomic mass is 10.1. The SMILES string of the molecule is C#N.CCCCCCCn1cccc1CC. The molecule has 0 radical (unpaired) electrons. The van der Waals surface area contributed by atoms with Gasteiger partial charge >= 0.3 is 0 Å². The van der Waals surface area contributed by atoms with Crippen molar-refractivity contribution in [1.29, 1.82) is 5.26 Å². The summed E-state index contributed by atoms with van der Waals surface area (Å²) < 4.78 is 2.39. The van der Waals surface area contributed by atoms with Crippen molar-refractivity contribution in [2.45, 2.75) is 58.9 Å². The van der Waals surface area contributed by atoms with Gasteiger partial charge in [-0.1, -0.05) is 39.5 Å². The van der Waals surface area contributed by atoms with Gasteiger partial charge in [-0.3, -0.25) is 0 Å². The van der Waals surface area contributed by atoms with Crippen LogP contribution in [-0.2, 0) is 13.0 Å². The highest BCUT2D eigenvalue weighted by atomic mass is 15.0. The van der Waals surface area contributed by atoms with E-state index in [1.54, 1.807) is 0 Å². The van der Waals surface area contributed by atoms with Crippen molar-refractivity contribution in [2.24, 2.45) is 0 Å². The molecule has 1 aromatic heterocycles. The molecule has 1 heterocycles. The van der Waals surface area contributed by atoms with Gasteiger partial charge in [-0.2, -0.15) is 0 Å². The van der Waals surface area contributed by atoms with E-state index in [-0.39, 0.29) is 0 Å². The topological polar surface area (TPSA) is 28.7 Å². The van der Waals surface area contributed by atoms with Gasteiger partial charge in [0.15, 0.2) is 0 Å². The van der Waals surface area contributed by atoms with Crippen molar-refractivity contribution in [3.8, 4) is 6.57 Å². The molecule has 2 heteroatoms. The number of nitriles is 1. The zero-order chi connectivity index (χ0) is 12.2. The zero-order valence-electron chi connectivity index (χ0n) is 10.7. The van der Waals surface area contributed by atoms with E-state index in [2.05, 4.69) is 43.3 Å². The molecular formula is C14H24N2. The van der Waals surface area contributed by atoms with Crippen molar-refractivity contribution >= 4 is 0 Å². The molecule has 16 heavy (non-hydrogen) atoms. The van der Waals surface area contributed by atoms with Crippen LogP contribution in [0.4, 0.5) is 0 Å². The minimum atomic E-state index is 1.15. The third-order valence-corrected chi connectivity index (χ3v) is 2.79. The molecule has 0 amide bonds. The van der Waals surface area contributed by atoms with Gasteiger partial charge < -0.3 is 4.57 Å². The number of aromatic nitrogens is 1. The molecule has 0 aliphatic carbocycles. The third-order valence-electron chi connectivity index (χ3n) is 2.79. The van der Waals surface area contributed by atoms with Crippen molar-refractivity contribution < 1.29 is 0 Å². The van der Waals surface area contributed by atoms with Crippen molar-refractivity contribution in [3.05, 3.63) is 24.0 Å². The van der Waals surface area contributed by atoms with Gasteiger partial charge in [0.1, 0.15) is 0 Å². The van der Waals surface area contributed by atoms with Crippen molar-refractivity contribution in [2.75, 3.05) is 0 Å². The summed E-state index contributed by atoms with van der Waals surface area (Å²) in [6.07, 6.45) is 10.2. The minimum absolute atomic E-state index is 1.15. The Morgan fingerprint density at radius 2 is 1.81 bits per heavy atom. The lowest BCUT2D eigenvalue weighted by molar-refractivity contribution is 0.559. The van der Waals surface area contributed by atoms with E-state index in [0.29, 0.717) is 0 Å². The first-order valence-electron chi connectivity index (χ1n) is 6.28. The maximum absolute atomic E-state index is 6.50. The molecule has 0 bridgehead atoms. The van der Waals surface area contributed by atoms with Gasteiger partial charge in [-0.05, 0) is 25.0 Å². The van der Waals surface area contributed by atoms with Gasteiger partial charge in [0.25, 0.3) is 0 Å². The van der Waals surface area contributed by atoms with Crippen LogP contribution in [0.15, 0.2) is 18.3 Å². The van der Waals surface area contributed by atoms with E-state index in [0.717, 1.165) is 6.42 Å². The maximum atomic E-state index is 6.50. The zero-order valence-corrected chi connectivity index (χ0v) is 10.7. The first-order chi connectivity index (χ1) is 7.88. The summed E-state index contributed by atoms with van der Waals surface area (Å²) in [6, 6.07) is 4.39. The number of hydrogen-bond acceptors (Lipinski definition) is 1. The molecule has 90 valence electrons. The third kappa shape index (κ3) is 5.60. The smallest absolute Gasteiger partial charge is 0.0462 e. The quantitative estimate of drug-likeness (QED) is 0.634. The second-order valence-corrected chi connectivity index (χ2v) is 3.96. The van der Waals surface area contributed by atoms with Gasteiger partial charge in [0, 0.05) is 25.0 Å². The van der Waals surface area contributed by atoms with Crippen LogP contribution in [0.1, 0.15) is 51.6 Å². The summed E-state index contributed by atoms with van der Waals surface area (Å²) in [4.78, 5) is 0. The molecule has 0 spiro atoms. The van der Waals surface area contributed by atoms with Crippen molar-refractivity contribution in [1.82, 2.24) is 4.57 Å². The Labute approximate surface area is 99.9 Å². The fourth-order valence-corrected chi connectivity index (χ4v) is 1.87. The van der Waals surface area contributed by atoms with Gasteiger partial charge in [0.2, 0.25) is 0 Å². The van der Waals surface area contributed by atoms with Crippen LogP contribution in [0.2, 0.25) is 0 Å². The first-order valence-corrected chi connectivity index (χ1v) is 6.28. The monoisotopic (exact) mass is 220 g/mol. The molecule has 2 nitrogen and oxygen atoms in total. The fourth-order valence-electron chi connectivity index (χ4n) is 1.87. The summed E-state index contributed by atoms with van der Waals surface area (Å²) in [5, 5.41) is 6.50. The Balaban J connectivity index is 0.00000106. The molecule has 0 fully saturated rings. The molecule has 0 saturated heterocycles. The Hall–Kier alpha value is -1.23. The van der Waals surface area contributed by atoms with Crippen LogP contribution in [-0.4, -0.2) is 4.57 Å². The van der Waals surface area contributed by atoms with E-state index >= 15 is 0 Å². The molecule has 0 aliphatic rings. The molecule has 0 saturated carbocycles. The molecule has 1 rings (SSSR count). The first kappa shape index (κ1) is 14.8. The summed E-state index contributed by atoms with van der Waals surface area (Å²) in [5.74, 6) is 0. The van der Waals surface area contributed by atoms with E-state index in [9.17, 15) is 0 Å². The Bertz CT molecular complexity index is 273. The summed E-state index contributed by atoms with van der Waals surface area (Å²) in [5.41, 5.74) is 1.47. The van der Waals surface area contributed by atoms with E-state index in [4.69, 9.17) is 5.26 Å². The van der Waals surface area contributed by atoms with Crippen LogP contribution >= 0.6 is 0 Å². The highest BCUT2D eigenvalue weighted by Gasteiger charge is 1.97. The lowest BCUT2D eigenvalue weighted by Gasteiger charge is -2.07. The average molecular weight is 220 g/mol. The second-order valence-electron chi connectivity index (χ2n) is 3.96. The Morgan fingerprint density at radius 1 is 1.12 bits per heavy atom. The number of aryl methyl sites for hydroxylation is 2. The van der Waals surface area contributed by atoms with E-state index in [1.807, 2.05) is 0 Å². The van der Waals surface area contributed by atoms with Crippen LogP contribution in [0.25, 0.3) is 0 Å². The predicted molar refractivity (Wildman–Crippen MR) is 69.2 cm³/mol. The normalized spacial score (nSPS) is 9.50. The second kappa shape index (κ2) is 10.3. The number of hydrogen-bond donors (Lipinski definition) is 0. The number of rotatable bonds is 7. The molecule has 0 N–H and O–H groups in total. The van der Waals surface area contributed by atoms with E-state index in [1.165, 1.54) is 44.3 Å². The molecule has 0 aromatic carbocycles. The highest BCUT2D eigenvalue weighted by Crippen LogP contribution is 2.08. The van der Waals surface area contributed by atoms with Crippen LogP contribution < -0.4 is 0 Å². The minimum Gasteiger partial charge on any atom is -0.351 e. The predicted octanol–water partition coefficient (Wildman–Crippen LogP) is 4.16. The van der Waals surface area contributed by atoms with Gasteiger partial charge in [-0.15, -0.1) is 0 Å². The summed E-state index contributed by atoms with van der Waals surface area (Å²) in [6.45, 7) is 9.20. The number of nitrogens with zero attached hydrogens (tertiary/aromatic N) is 2. The van der Waals surface area contributed by atoms with Gasteiger partial charge in [0.05, 0.1) is 0 Å². The standard InChI is InChI=1S/C13H23N.CHN/c1-3-5-6-7-8-11-14-12-9-10-13(14)4-2;1-2/h9-10,12H,3-8,11H2,1-2H3;1H. The van der Waals surface area contributed by atoms with Crippen LogP contribution in [0.5, 0.6) is 0 Å². The van der Waals surface area contributed by atoms with Crippen molar-refractivity contribution in [3.63, 3.8) is 0 Å². The van der Waals surface area contributed by atoms with E-state index < -0.39 is 0 Å². The molecule has 1 aromatic rings. The Kier molecular flexibility index (Phi) is 9.50. The molecule has 0 unspecified atom stereocenters. The number of unbranched alkanes of at least 4 members (excludes halogenated alkanes) is 4. The fraction of sp³-hybridized carbons (Fsp3) is 0.643. The highest BCUT2D eigenvalue weighted by molar-refractivity contribution is 5.06. The summed E-state index contributed by atoms with van der Waals surface area (Å²) in [7, 11) is 0. The Morgan fingerprint density at radius 3 is 2.44 bits per heavy atom. The summed E-state index contributed by atoms with van der Waals surface area (Å²) >= 11 is 0. The van der Waals surface area contributed by atoms with Crippen LogP contribution in [0, 0.1) is 11.8 Å².